The Hall–Kier alpha value is -3.00. The maximum Gasteiger partial charge on any atom is 0.224 e. The van der Waals surface area contributed by atoms with Crippen molar-refractivity contribution in [1.29, 1.82) is 0 Å². The maximum absolute atomic E-state index is 7.23. The quantitative estimate of drug-likeness (QED) is 0.577. The lowest BCUT2D eigenvalue weighted by atomic mass is 9.93. The Morgan fingerprint density at radius 3 is 3.07 bits per heavy atom. The Labute approximate surface area is 160 Å². The van der Waals surface area contributed by atoms with E-state index in [2.05, 4.69) is 30.4 Å². The molecule has 4 aromatic heterocycles. The number of anilines is 1. The van der Waals surface area contributed by atoms with Crippen LogP contribution in [-0.2, 0) is 4.74 Å². The number of nitrogens with one attached hydrogen (secondary N) is 2. The lowest BCUT2D eigenvalue weighted by Crippen LogP contribution is -2.29. The summed E-state index contributed by atoms with van der Waals surface area (Å²) in [5, 5.41) is 8.84. The van der Waals surface area contributed by atoms with E-state index in [0.717, 1.165) is 40.8 Å². The van der Waals surface area contributed by atoms with Crippen molar-refractivity contribution < 1.29 is 8.85 Å². The van der Waals surface area contributed by atoms with Crippen LogP contribution in [0.4, 0.5) is 5.95 Å². The summed E-state index contributed by atoms with van der Waals surface area (Å²) in [4.78, 5) is 16.5. The van der Waals surface area contributed by atoms with Crippen LogP contribution in [0.1, 0.15) is 29.8 Å². The van der Waals surface area contributed by atoms with Gasteiger partial charge in [-0.3, -0.25) is 0 Å². The SMILES string of the molecule is [2H]C([2H])([2H])OC1CCC(Nc2ncc3c(-c4ccc5nccn5n4)c[nH]c3n2)CC1. The van der Waals surface area contributed by atoms with Crippen LogP contribution in [0, 0.1) is 0 Å². The van der Waals surface area contributed by atoms with E-state index in [9.17, 15) is 0 Å². The van der Waals surface area contributed by atoms with Gasteiger partial charge >= 0.3 is 0 Å². The van der Waals surface area contributed by atoms with E-state index in [-0.39, 0.29) is 12.1 Å². The van der Waals surface area contributed by atoms with E-state index < -0.39 is 7.04 Å². The van der Waals surface area contributed by atoms with Crippen molar-refractivity contribution >= 4 is 22.6 Å². The summed E-state index contributed by atoms with van der Waals surface area (Å²) >= 11 is 0. The zero-order valence-corrected chi connectivity index (χ0v) is 14.6. The van der Waals surface area contributed by atoms with Gasteiger partial charge in [-0.25, -0.2) is 14.5 Å². The minimum Gasteiger partial charge on any atom is -0.381 e. The minimum atomic E-state index is -2.33. The van der Waals surface area contributed by atoms with E-state index in [4.69, 9.17) is 8.85 Å². The molecule has 1 aliphatic carbocycles. The zero-order valence-electron chi connectivity index (χ0n) is 17.6. The van der Waals surface area contributed by atoms with Crippen molar-refractivity contribution in [2.75, 3.05) is 12.4 Å². The lowest BCUT2D eigenvalue weighted by Gasteiger charge is -2.28. The third-order valence-electron chi connectivity index (χ3n) is 5.14. The molecular formula is C19H21N7O. The zero-order chi connectivity index (χ0) is 20.7. The molecule has 1 saturated carbocycles. The first-order valence-corrected chi connectivity index (χ1v) is 9.04. The molecule has 0 aromatic carbocycles. The van der Waals surface area contributed by atoms with Gasteiger partial charge in [0.2, 0.25) is 5.95 Å². The molecule has 138 valence electrons. The second kappa shape index (κ2) is 6.62. The first kappa shape index (κ1) is 13.2. The topological polar surface area (TPSA) is 93.0 Å². The van der Waals surface area contributed by atoms with Crippen LogP contribution in [0.15, 0.2) is 36.9 Å². The molecule has 8 heteroatoms. The Morgan fingerprint density at radius 1 is 1.26 bits per heavy atom. The van der Waals surface area contributed by atoms with E-state index >= 15 is 0 Å². The van der Waals surface area contributed by atoms with Crippen LogP contribution in [0.5, 0.6) is 0 Å². The predicted octanol–water partition coefficient (Wildman–Crippen LogP) is 3.04. The average Bonchev–Trinajstić information content (AvgIpc) is 3.34. The van der Waals surface area contributed by atoms with Crippen LogP contribution in [0.25, 0.3) is 27.9 Å². The Morgan fingerprint density at radius 2 is 2.19 bits per heavy atom. The van der Waals surface area contributed by atoms with E-state index in [0.29, 0.717) is 18.8 Å². The van der Waals surface area contributed by atoms with E-state index in [1.54, 1.807) is 16.9 Å². The molecule has 1 aliphatic rings. The van der Waals surface area contributed by atoms with E-state index in [1.165, 1.54) is 0 Å². The molecule has 0 aliphatic heterocycles. The summed E-state index contributed by atoms with van der Waals surface area (Å²) < 4.78 is 28.6. The largest absolute Gasteiger partial charge is 0.381 e. The van der Waals surface area contributed by atoms with Gasteiger partial charge in [0.25, 0.3) is 0 Å². The number of aromatic amines is 1. The summed E-state index contributed by atoms with van der Waals surface area (Å²) in [5.74, 6) is 0.550. The van der Waals surface area contributed by atoms with Gasteiger partial charge in [-0.2, -0.15) is 10.1 Å². The molecule has 27 heavy (non-hydrogen) atoms. The molecule has 0 radical (unpaired) electrons. The molecule has 8 nitrogen and oxygen atoms in total. The number of ether oxygens (including phenoxy) is 1. The molecule has 0 spiro atoms. The van der Waals surface area contributed by atoms with Crippen LogP contribution >= 0.6 is 0 Å². The number of hydrogen-bond acceptors (Lipinski definition) is 6. The fourth-order valence-electron chi connectivity index (χ4n) is 3.66. The van der Waals surface area contributed by atoms with Gasteiger partial charge in [-0.15, -0.1) is 0 Å². The maximum atomic E-state index is 7.23. The summed E-state index contributed by atoms with van der Waals surface area (Å²) in [6, 6.07) is 4.04. The molecule has 1 fully saturated rings. The number of aromatic nitrogens is 6. The first-order chi connectivity index (χ1) is 14.4. The predicted molar refractivity (Wildman–Crippen MR) is 103 cm³/mol. The number of nitrogens with zero attached hydrogens (tertiary/aromatic N) is 5. The van der Waals surface area contributed by atoms with Gasteiger partial charge in [0, 0.05) is 48.8 Å². The number of fused-ring (bicyclic) bond motifs is 2. The Bertz CT molecular complexity index is 1180. The van der Waals surface area contributed by atoms with Crippen molar-refractivity contribution in [3.63, 3.8) is 0 Å². The van der Waals surface area contributed by atoms with Crippen molar-refractivity contribution in [1.82, 2.24) is 29.5 Å². The molecule has 4 aromatic rings. The summed E-state index contributed by atoms with van der Waals surface area (Å²) in [6.07, 6.45) is 10.0. The number of imidazole rings is 1. The van der Waals surface area contributed by atoms with Gasteiger partial charge in [0.15, 0.2) is 5.65 Å². The molecule has 0 saturated heterocycles. The first-order valence-electron chi connectivity index (χ1n) is 10.5. The van der Waals surface area contributed by atoms with Crippen molar-refractivity contribution in [2.45, 2.75) is 37.8 Å². The van der Waals surface area contributed by atoms with Gasteiger partial charge in [-0.1, -0.05) is 0 Å². The third-order valence-corrected chi connectivity index (χ3v) is 5.14. The number of H-pyrrole nitrogens is 1. The fourth-order valence-corrected chi connectivity index (χ4v) is 3.66. The monoisotopic (exact) mass is 366 g/mol. The smallest absolute Gasteiger partial charge is 0.224 e. The highest BCUT2D eigenvalue weighted by molar-refractivity contribution is 5.92. The minimum absolute atomic E-state index is 0.193. The van der Waals surface area contributed by atoms with Gasteiger partial charge in [-0.05, 0) is 37.8 Å². The molecule has 0 amide bonds. The van der Waals surface area contributed by atoms with Crippen LogP contribution < -0.4 is 5.32 Å². The number of rotatable bonds is 4. The molecule has 0 unspecified atom stereocenters. The average molecular weight is 366 g/mol. The van der Waals surface area contributed by atoms with Gasteiger partial charge in [0.05, 0.1) is 15.9 Å². The summed E-state index contributed by atoms with van der Waals surface area (Å²) in [6.45, 7) is 0. The number of hydrogen-bond donors (Lipinski definition) is 2. The van der Waals surface area contributed by atoms with Crippen LogP contribution in [0.3, 0.4) is 0 Å². The molecule has 2 N–H and O–H groups in total. The normalized spacial score (nSPS) is 22.4. The second-order valence-electron chi connectivity index (χ2n) is 6.84. The molecule has 0 atom stereocenters. The fraction of sp³-hybridized carbons (Fsp3) is 0.368. The van der Waals surface area contributed by atoms with Crippen molar-refractivity contribution in [3.8, 4) is 11.3 Å². The van der Waals surface area contributed by atoms with Crippen molar-refractivity contribution in [2.24, 2.45) is 0 Å². The second-order valence-corrected chi connectivity index (χ2v) is 6.84. The van der Waals surface area contributed by atoms with E-state index in [1.807, 2.05) is 24.5 Å². The lowest BCUT2D eigenvalue weighted by molar-refractivity contribution is 0.0681. The molecule has 0 bridgehead atoms. The standard InChI is InChI=1S/C19H21N7O/c1-27-13-4-2-12(3-5-13)23-19-22-11-15-14(10-21-18(15)24-19)16-6-7-17-20-8-9-26(17)25-16/h6-13H,2-5H2,1H3,(H2,21,22,23,24)/i1D3. The summed E-state index contributed by atoms with van der Waals surface area (Å²) in [7, 11) is -2.33. The highest BCUT2D eigenvalue weighted by atomic mass is 16.5. The summed E-state index contributed by atoms with van der Waals surface area (Å²) in [5.41, 5.74) is 3.26. The van der Waals surface area contributed by atoms with Gasteiger partial charge in [0.1, 0.15) is 5.65 Å². The number of methoxy groups -OCH3 is 1. The van der Waals surface area contributed by atoms with Gasteiger partial charge < -0.3 is 15.0 Å². The highest BCUT2D eigenvalue weighted by Crippen LogP contribution is 2.27. The molecular weight excluding hydrogens is 342 g/mol. The molecule has 4 heterocycles. The van der Waals surface area contributed by atoms with Crippen LogP contribution in [-0.4, -0.2) is 48.7 Å². The Balaban J connectivity index is 1.29. The Kier molecular flexibility index (Phi) is 3.24. The van der Waals surface area contributed by atoms with Crippen molar-refractivity contribution in [3.05, 3.63) is 36.9 Å². The highest BCUT2D eigenvalue weighted by Gasteiger charge is 2.21. The molecule has 5 rings (SSSR count). The third kappa shape index (κ3) is 3.02. The van der Waals surface area contributed by atoms with Crippen LogP contribution in [0.2, 0.25) is 0 Å².